The second-order valence-corrected chi connectivity index (χ2v) is 6.14. The minimum atomic E-state index is -0.493. The van der Waals surface area contributed by atoms with Crippen LogP contribution in [0, 0.1) is 11.7 Å². The van der Waals surface area contributed by atoms with Crippen LogP contribution >= 0.6 is 27.5 Å². The first kappa shape index (κ1) is 14.0. The number of hydrogen-bond acceptors (Lipinski definition) is 1. The molecule has 2 rings (SSSR count). The van der Waals surface area contributed by atoms with E-state index in [1.54, 1.807) is 0 Å². The first-order valence-electron chi connectivity index (χ1n) is 6.25. The van der Waals surface area contributed by atoms with Gasteiger partial charge in [0, 0.05) is 10.9 Å². The molecule has 1 nitrogen and oxygen atoms in total. The van der Waals surface area contributed by atoms with Gasteiger partial charge in [0.1, 0.15) is 5.82 Å². The van der Waals surface area contributed by atoms with Crippen molar-refractivity contribution in [1.29, 1.82) is 0 Å². The van der Waals surface area contributed by atoms with E-state index in [9.17, 15) is 9.18 Å². The molecule has 0 aromatic heterocycles. The average Bonchev–Trinajstić information content (AvgIpc) is 2.35. The highest BCUT2D eigenvalue weighted by Crippen LogP contribution is 2.30. The van der Waals surface area contributed by atoms with Crippen LogP contribution in [0.25, 0.3) is 0 Å². The Hall–Kier alpha value is -0.410. The molecule has 0 atom stereocenters. The first-order chi connectivity index (χ1) is 8.58. The van der Waals surface area contributed by atoms with E-state index in [-0.39, 0.29) is 11.3 Å². The molecule has 1 fully saturated rings. The monoisotopic (exact) mass is 332 g/mol. The zero-order valence-corrected chi connectivity index (χ0v) is 12.4. The van der Waals surface area contributed by atoms with Gasteiger partial charge in [-0.2, -0.15) is 0 Å². The summed E-state index contributed by atoms with van der Waals surface area (Å²) in [6, 6.07) is 2.68. The normalized spacial score (nSPS) is 16.8. The van der Waals surface area contributed by atoms with Crippen molar-refractivity contribution < 1.29 is 9.18 Å². The number of carbonyl (C=O) groups is 1. The van der Waals surface area contributed by atoms with E-state index in [0.29, 0.717) is 21.8 Å². The van der Waals surface area contributed by atoms with Crippen LogP contribution in [-0.4, -0.2) is 5.78 Å². The van der Waals surface area contributed by atoms with Gasteiger partial charge in [-0.1, -0.05) is 43.7 Å². The third-order valence-electron chi connectivity index (χ3n) is 3.51. The van der Waals surface area contributed by atoms with Crippen LogP contribution in [0.15, 0.2) is 16.6 Å². The van der Waals surface area contributed by atoms with Crippen LogP contribution in [0.3, 0.4) is 0 Å². The van der Waals surface area contributed by atoms with E-state index in [2.05, 4.69) is 15.9 Å². The maximum atomic E-state index is 13.7. The Bertz CT molecular complexity index is 455. The molecule has 4 heteroatoms. The molecule has 0 bridgehead atoms. The Labute approximate surface area is 120 Å². The summed E-state index contributed by atoms with van der Waals surface area (Å²) in [5.74, 6) is -0.214. The summed E-state index contributed by atoms with van der Waals surface area (Å²) in [5.41, 5.74) is 0.119. The molecule has 1 aliphatic rings. The van der Waals surface area contributed by atoms with Gasteiger partial charge in [0.2, 0.25) is 0 Å². The van der Waals surface area contributed by atoms with E-state index in [1.165, 1.54) is 31.4 Å². The van der Waals surface area contributed by atoms with Gasteiger partial charge < -0.3 is 0 Å². The van der Waals surface area contributed by atoms with Crippen LogP contribution in [-0.2, 0) is 0 Å². The van der Waals surface area contributed by atoms with Crippen LogP contribution in [0.5, 0.6) is 0 Å². The fourth-order valence-corrected chi connectivity index (χ4v) is 2.98. The fourth-order valence-electron chi connectivity index (χ4n) is 2.50. The van der Waals surface area contributed by atoms with E-state index < -0.39 is 5.82 Å². The topological polar surface area (TPSA) is 17.1 Å². The van der Waals surface area contributed by atoms with Crippen molar-refractivity contribution in [2.45, 2.75) is 38.5 Å². The van der Waals surface area contributed by atoms with Crippen molar-refractivity contribution in [3.63, 3.8) is 0 Å². The average molecular weight is 334 g/mol. The number of ketones is 1. The summed E-state index contributed by atoms with van der Waals surface area (Å²) in [6.07, 6.45) is 6.22. The third-order valence-corrected chi connectivity index (χ3v) is 4.71. The summed E-state index contributed by atoms with van der Waals surface area (Å²) in [7, 11) is 0. The molecule has 0 heterocycles. The molecule has 0 amide bonds. The van der Waals surface area contributed by atoms with E-state index in [0.717, 1.165) is 12.8 Å². The van der Waals surface area contributed by atoms with Gasteiger partial charge in [0.25, 0.3) is 0 Å². The van der Waals surface area contributed by atoms with Crippen LogP contribution < -0.4 is 0 Å². The first-order valence-corrected chi connectivity index (χ1v) is 7.43. The van der Waals surface area contributed by atoms with Gasteiger partial charge in [-0.05, 0) is 34.0 Å². The number of hydrogen-bond donors (Lipinski definition) is 0. The predicted octanol–water partition coefficient (Wildman–Crippen LogP) is 5.39. The summed E-state index contributed by atoms with van der Waals surface area (Å²) >= 11 is 9.05. The lowest BCUT2D eigenvalue weighted by Gasteiger charge is -2.20. The summed E-state index contributed by atoms with van der Waals surface area (Å²) in [5, 5.41) is 0.378. The molecule has 1 saturated carbocycles. The molecule has 0 aliphatic heterocycles. The Balaban J connectivity index is 2.10. The standard InChI is InChI=1S/C14H15BrClFO/c15-11-8-13(17)10(7-12(11)16)14(18)6-9-4-2-1-3-5-9/h7-9H,1-6H2. The maximum absolute atomic E-state index is 13.7. The number of rotatable bonds is 3. The van der Waals surface area contributed by atoms with Gasteiger partial charge in [-0.15, -0.1) is 0 Å². The van der Waals surface area contributed by atoms with E-state index in [4.69, 9.17) is 11.6 Å². The summed E-state index contributed by atoms with van der Waals surface area (Å²) in [4.78, 5) is 12.1. The zero-order chi connectivity index (χ0) is 13.1. The van der Waals surface area contributed by atoms with Crippen molar-refractivity contribution in [1.82, 2.24) is 0 Å². The van der Waals surface area contributed by atoms with Crippen molar-refractivity contribution >= 4 is 33.3 Å². The van der Waals surface area contributed by atoms with Gasteiger partial charge in [-0.3, -0.25) is 4.79 Å². The minimum absolute atomic E-state index is 0.119. The van der Waals surface area contributed by atoms with E-state index >= 15 is 0 Å². The lowest BCUT2D eigenvalue weighted by molar-refractivity contribution is 0.0946. The van der Waals surface area contributed by atoms with Crippen LogP contribution in [0.2, 0.25) is 5.02 Å². The maximum Gasteiger partial charge on any atom is 0.166 e. The molecular formula is C14H15BrClFO. The van der Waals surface area contributed by atoms with Crippen molar-refractivity contribution in [3.05, 3.63) is 33.0 Å². The lowest BCUT2D eigenvalue weighted by Crippen LogP contribution is -2.13. The second-order valence-electron chi connectivity index (χ2n) is 4.88. The second kappa shape index (κ2) is 6.16. The molecule has 18 heavy (non-hydrogen) atoms. The lowest BCUT2D eigenvalue weighted by atomic mass is 9.85. The number of benzene rings is 1. The van der Waals surface area contributed by atoms with Crippen molar-refractivity contribution in [2.24, 2.45) is 5.92 Å². The van der Waals surface area contributed by atoms with Crippen molar-refractivity contribution in [2.75, 3.05) is 0 Å². The number of carbonyl (C=O) groups excluding carboxylic acids is 1. The molecule has 0 unspecified atom stereocenters. The minimum Gasteiger partial charge on any atom is -0.294 e. The molecule has 98 valence electrons. The van der Waals surface area contributed by atoms with Gasteiger partial charge in [0.15, 0.2) is 5.78 Å². The molecule has 0 spiro atoms. The Morgan fingerprint density at radius 1 is 1.33 bits per heavy atom. The van der Waals surface area contributed by atoms with Gasteiger partial charge >= 0.3 is 0 Å². The van der Waals surface area contributed by atoms with E-state index in [1.807, 2.05) is 0 Å². The summed E-state index contributed by atoms with van der Waals surface area (Å²) < 4.78 is 14.2. The molecule has 0 saturated heterocycles. The highest BCUT2D eigenvalue weighted by molar-refractivity contribution is 9.10. The molecule has 1 aromatic rings. The largest absolute Gasteiger partial charge is 0.294 e. The summed E-state index contributed by atoms with van der Waals surface area (Å²) in [6.45, 7) is 0. The van der Waals surface area contributed by atoms with Crippen molar-refractivity contribution in [3.8, 4) is 0 Å². The molecule has 1 aliphatic carbocycles. The Kier molecular flexibility index (Phi) is 4.79. The Morgan fingerprint density at radius 2 is 2.00 bits per heavy atom. The molecule has 0 radical (unpaired) electrons. The molecule has 0 N–H and O–H groups in total. The fraction of sp³-hybridized carbons (Fsp3) is 0.500. The Morgan fingerprint density at radius 3 is 2.67 bits per heavy atom. The van der Waals surface area contributed by atoms with Gasteiger partial charge in [0.05, 0.1) is 10.6 Å². The van der Waals surface area contributed by atoms with Crippen LogP contribution in [0.4, 0.5) is 4.39 Å². The quantitative estimate of drug-likeness (QED) is 0.535. The third kappa shape index (κ3) is 3.33. The smallest absolute Gasteiger partial charge is 0.166 e. The zero-order valence-electron chi connectivity index (χ0n) is 10.0. The predicted molar refractivity (Wildman–Crippen MR) is 74.6 cm³/mol. The SMILES string of the molecule is O=C(CC1CCCCC1)c1cc(Cl)c(Br)cc1F. The van der Waals surface area contributed by atoms with Crippen LogP contribution in [0.1, 0.15) is 48.9 Å². The van der Waals surface area contributed by atoms with Gasteiger partial charge in [-0.25, -0.2) is 4.39 Å². The molecule has 1 aromatic carbocycles. The highest BCUT2D eigenvalue weighted by atomic mass is 79.9. The molecular weight excluding hydrogens is 319 g/mol. The number of Topliss-reactive ketones (excluding diaryl/α,β-unsaturated/α-hetero) is 1. The highest BCUT2D eigenvalue weighted by Gasteiger charge is 2.20. The number of halogens is 3.